The summed E-state index contributed by atoms with van der Waals surface area (Å²) in [5.74, 6) is 1.94. The zero-order valence-electron chi connectivity index (χ0n) is 8.95. The minimum atomic E-state index is 0.319. The molecule has 5 nitrogen and oxygen atoms in total. The molecule has 0 aromatic carbocycles. The van der Waals surface area contributed by atoms with Crippen LogP contribution in [0.25, 0.3) is 0 Å². The molecule has 1 aliphatic carbocycles. The number of nitrogen functional groups attached to an aromatic ring is 1. The molecule has 0 spiro atoms. The number of aromatic nitrogens is 2. The summed E-state index contributed by atoms with van der Waals surface area (Å²) in [6, 6.07) is 2.49. The highest BCUT2D eigenvalue weighted by molar-refractivity contribution is 5.51. The fourth-order valence-electron chi connectivity index (χ4n) is 1.32. The third-order valence-corrected chi connectivity index (χ3v) is 2.23. The second-order valence-corrected chi connectivity index (χ2v) is 3.84. The normalized spacial score (nSPS) is 15.0. The lowest BCUT2D eigenvalue weighted by molar-refractivity contribution is 0.965. The summed E-state index contributed by atoms with van der Waals surface area (Å²) in [6.45, 7) is 3.01. The highest BCUT2D eigenvalue weighted by atomic mass is 15.1. The summed E-state index contributed by atoms with van der Waals surface area (Å²) < 4.78 is 0. The van der Waals surface area contributed by atoms with Gasteiger partial charge in [-0.2, -0.15) is 9.97 Å². The number of nitrogens with two attached hydrogens (primary N) is 1. The molecule has 1 saturated carbocycles. The zero-order chi connectivity index (χ0) is 10.7. The monoisotopic (exact) mass is 207 g/mol. The Kier molecular flexibility index (Phi) is 2.89. The van der Waals surface area contributed by atoms with E-state index in [-0.39, 0.29) is 0 Å². The zero-order valence-corrected chi connectivity index (χ0v) is 8.95. The van der Waals surface area contributed by atoms with Gasteiger partial charge in [0.05, 0.1) is 0 Å². The van der Waals surface area contributed by atoms with E-state index in [0.717, 1.165) is 24.6 Å². The van der Waals surface area contributed by atoms with Crippen LogP contribution >= 0.6 is 0 Å². The van der Waals surface area contributed by atoms with Crippen molar-refractivity contribution in [3.05, 3.63) is 6.07 Å². The van der Waals surface area contributed by atoms with E-state index in [2.05, 4.69) is 27.5 Å². The molecular weight excluding hydrogens is 190 g/mol. The van der Waals surface area contributed by atoms with Gasteiger partial charge in [-0.15, -0.1) is 0 Å². The van der Waals surface area contributed by atoms with E-state index < -0.39 is 0 Å². The molecule has 0 amide bonds. The third-order valence-electron chi connectivity index (χ3n) is 2.23. The fraction of sp³-hybridized carbons (Fsp3) is 0.600. The summed E-state index contributed by atoms with van der Waals surface area (Å²) in [5, 5.41) is 6.50. The molecule has 2 rings (SSSR count). The van der Waals surface area contributed by atoms with Gasteiger partial charge in [0.15, 0.2) is 0 Å². The van der Waals surface area contributed by atoms with Crippen LogP contribution in [-0.4, -0.2) is 22.6 Å². The molecule has 0 atom stereocenters. The van der Waals surface area contributed by atoms with Crippen LogP contribution in [0.3, 0.4) is 0 Å². The number of anilines is 3. The number of nitrogens with one attached hydrogen (secondary N) is 2. The smallest absolute Gasteiger partial charge is 0.223 e. The topological polar surface area (TPSA) is 75.9 Å². The average Bonchev–Trinajstić information content (AvgIpc) is 2.98. The molecule has 5 heteroatoms. The van der Waals surface area contributed by atoms with E-state index in [4.69, 9.17) is 5.73 Å². The van der Waals surface area contributed by atoms with E-state index >= 15 is 0 Å². The number of nitrogens with zero attached hydrogens (tertiary/aromatic N) is 2. The van der Waals surface area contributed by atoms with Gasteiger partial charge in [0.25, 0.3) is 0 Å². The van der Waals surface area contributed by atoms with E-state index in [1.54, 1.807) is 0 Å². The Morgan fingerprint density at radius 2 is 2.13 bits per heavy atom. The fourth-order valence-corrected chi connectivity index (χ4v) is 1.32. The Morgan fingerprint density at radius 3 is 2.80 bits per heavy atom. The molecule has 1 fully saturated rings. The van der Waals surface area contributed by atoms with Gasteiger partial charge < -0.3 is 16.4 Å². The second kappa shape index (κ2) is 4.33. The number of hydrogen-bond acceptors (Lipinski definition) is 5. The van der Waals surface area contributed by atoms with Crippen LogP contribution in [0, 0.1) is 0 Å². The first-order valence-corrected chi connectivity index (χ1v) is 5.43. The standard InChI is InChI=1S/C10H17N5/c1-2-5-12-8-6-9(13-7-3-4-7)15-10(11)14-8/h6-7H,2-5H2,1H3,(H4,11,12,13,14,15). The summed E-state index contributed by atoms with van der Waals surface area (Å²) >= 11 is 0. The Hall–Kier alpha value is -1.52. The summed E-state index contributed by atoms with van der Waals surface area (Å²) in [7, 11) is 0. The van der Waals surface area contributed by atoms with Crippen LogP contribution < -0.4 is 16.4 Å². The third kappa shape index (κ3) is 2.97. The lowest BCUT2D eigenvalue weighted by atomic mass is 10.4. The van der Waals surface area contributed by atoms with E-state index in [9.17, 15) is 0 Å². The maximum absolute atomic E-state index is 5.63. The number of rotatable bonds is 5. The van der Waals surface area contributed by atoms with Gasteiger partial charge in [-0.05, 0) is 19.3 Å². The van der Waals surface area contributed by atoms with E-state index in [1.807, 2.05) is 6.07 Å². The molecular formula is C10H17N5. The Bertz CT molecular complexity index is 335. The van der Waals surface area contributed by atoms with E-state index in [1.165, 1.54) is 12.8 Å². The molecule has 0 radical (unpaired) electrons. The Balaban J connectivity index is 2.05. The van der Waals surface area contributed by atoms with Crippen molar-refractivity contribution < 1.29 is 0 Å². The van der Waals surface area contributed by atoms with Crippen LogP contribution in [0.5, 0.6) is 0 Å². The highest BCUT2D eigenvalue weighted by Gasteiger charge is 2.21. The van der Waals surface area contributed by atoms with Crippen molar-refractivity contribution in [3.63, 3.8) is 0 Å². The largest absolute Gasteiger partial charge is 0.370 e. The predicted molar refractivity (Wildman–Crippen MR) is 61.9 cm³/mol. The molecule has 0 bridgehead atoms. The average molecular weight is 207 g/mol. The first-order valence-electron chi connectivity index (χ1n) is 5.43. The maximum Gasteiger partial charge on any atom is 0.223 e. The molecule has 1 aromatic rings. The number of hydrogen-bond donors (Lipinski definition) is 3. The van der Waals surface area contributed by atoms with Crippen LogP contribution in [0.4, 0.5) is 17.6 Å². The van der Waals surface area contributed by atoms with Crippen molar-refractivity contribution in [2.45, 2.75) is 32.2 Å². The quantitative estimate of drug-likeness (QED) is 0.681. The van der Waals surface area contributed by atoms with Gasteiger partial charge in [0.2, 0.25) is 5.95 Å². The lowest BCUT2D eigenvalue weighted by Gasteiger charge is -2.08. The molecule has 0 aliphatic heterocycles. The predicted octanol–water partition coefficient (Wildman–Crippen LogP) is 1.45. The van der Waals surface area contributed by atoms with E-state index in [0.29, 0.717) is 12.0 Å². The van der Waals surface area contributed by atoms with Crippen molar-refractivity contribution in [3.8, 4) is 0 Å². The van der Waals surface area contributed by atoms with Gasteiger partial charge in [-0.25, -0.2) is 0 Å². The SMILES string of the molecule is CCCNc1cc(NC2CC2)nc(N)n1. The van der Waals surface area contributed by atoms with Gasteiger partial charge >= 0.3 is 0 Å². The maximum atomic E-state index is 5.63. The van der Waals surface area contributed by atoms with Crippen molar-refractivity contribution in [2.75, 3.05) is 22.9 Å². The molecule has 15 heavy (non-hydrogen) atoms. The molecule has 1 aliphatic rings. The molecule has 0 saturated heterocycles. The summed E-state index contributed by atoms with van der Waals surface area (Å²) in [6.07, 6.45) is 3.51. The minimum Gasteiger partial charge on any atom is -0.370 e. The molecule has 4 N–H and O–H groups in total. The Labute approximate surface area is 89.5 Å². The van der Waals surface area contributed by atoms with Gasteiger partial charge in [0.1, 0.15) is 11.6 Å². The van der Waals surface area contributed by atoms with Crippen LogP contribution in [-0.2, 0) is 0 Å². The van der Waals surface area contributed by atoms with Crippen LogP contribution in [0.2, 0.25) is 0 Å². The summed E-state index contributed by atoms with van der Waals surface area (Å²) in [4.78, 5) is 8.25. The van der Waals surface area contributed by atoms with Crippen molar-refractivity contribution in [2.24, 2.45) is 0 Å². The second-order valence-electron chi connectivity index (χ2n) is 3.84. The lowest BCUT2D eigenvalue weighted by Crippen LogP contribution is -2.09. The first kappa shape index (κ1) is 10.0. The van der Waals surface area contributed by atoms with Crippen molar-refractivity contribution in [1.82, 2.24) is 9.97 Å². The van der Waals surface area contributed by atoms with Gasteiger partial charge in [0, 0.05) is 18.7 Å². The highest BCUT2D eigenvalue weighted by Crippen LogP contribution is 2.24. The summed E-state index contributed by atoms with van der Waals surface area (Å²) in [5.41, 5.74) is 5.63. The van der Waals surface area contributed by atoms with Crippen molar-refractivity contribution >= 4 is 17.6 Å². The van der Waals surface area contributed by atoms with Gasteiger partial charge in [-0.1, -0.05) is 6.92 Å². The van der Waals surface area contributed by atoms with Gasteiger partial charge in [-0.3, -0.25) is 0 Å². The minimum absolute atomic E-state index is 0.319. The molecule has 1 heterocycles. The molecule has 82 valence electrons. The molecule has 1 aromatic heterocycles. The van der Waals surface area contributed by atoms with Crippen LogP contribution in [0.15, 0.2) is 6.07 Å². The van der Waals surface area contributed by atoms with Crippen LogP contribution in [0.1, 0.15) is 26.2 Å². The van der Waals surface area contributed by atoms with Crippen molar-refractivity contribution in [1.29, 1.82) is 0 Å². The first-order chi connectivity index (χ1) is 7.28. The Morgan fingerprint density at radius 1 is 1.40 bits per heavy atom. The molecule has 0 unspecified atom stereocenters.